The fourth-order valence-electron chi connectivity index (χ4n) is 3.23. The van der Waals surface area contributed by atoms with Gasteiger partial charge >= 0.3 is 6.18 Å². The molecule has 3 aromatic rings. The third-order valence-electron chi connectivity index (χ3n) is 4.88. The fraction of sp³-hybridized carbons (Fsp3) is 0.261. The number of benzene rings is 2. The van der Waals surface area contributed by atoms with E-state index in [4.69, 9.17) is 10.3 Å². The number of halogens is 3. The van der Waals surface area contributed by atoms with Crippen molar-refractivity contribution in [1.82, 2.24) is 4.98 Å². The molecule has 6 nitrogen and oxygen atoms in total. The van der Waals surface area contributed by atoms with Gasteiger partial charge in [0, 0.05) is 24.7 Å². The molecule has 2 N–H and O–H groups in total. The zero-order valence-electron chi connectivity index (χ0n) is 17.7. The number of H-pyrrole nitrogens is 1. The van der Waals surface area contributed by atoms with Crippen molar-refractivity contribution in [3.8, 4) is 28.1 Å². The Bertz CT molecular complexity index is 1120. The predicted octanol–water partition coefficient (Wildman–Crippen LogP) is 6.12. The van der Waals surface area contributed by atoms with Crippen molar-refractivity contribution in [2.45, 2.75) is 25.9 Å². The summed E-state index contributed by atoms with van der Waals surface area (Å²) in [6, 6.07) is 16.2. The Labute approximate surface area is 183 Å². The number of hydrogen-bond acceptors (Lipinski definition) is 4. The normalized spacial score (nSPS) is 11.3. The zero-order valence-corrected chi connectivity index (χ0v) is 17.7. The lowest BCUT2D eigenvalue weighted by Gasteiger charge is -2.17. The molecule has 0 unspecified atom stereocenters. The summed E-state index contributed by atoms with van der Waals surface area (Å²) in [6.45, 7) is 1.93. The first-order chi connectivity index (χ1) is 15.2. The molecular weight excluding hydrogens is 421 g/mol. The van der Waals surface area contributed by atoms with E-state index in [9.17, 15) is 18.0 Å². The molecule has 0 saturated heterocycles. The largest absolute Gasteiger partial charge is 0.494 e. The van der Waals surface area contributed by atoms with Gasteiger partial charge in [-0.15, -0.1) is 0 Å². The Morgan fingerprint density at radius 1 is 1.06 bits per heavy atom. The van der Waals surface area contributed by atoms with Crippen LogP contribution in [0.15, 0.2) is 64.6 Å². The van der Waals surface area contributed by atoms with Gasteiger partial charge in [0.05, 0.1) is 6.61 Å². The van der Waals surface area contributed by atoms with Crippen LogP contribution >= 0.6 is 0 Å². The summed E-state index contributed by atoms with van der Waals surface area (Å²) < 4.78 is 42.1. The topological polar surface area (TPSA) is 81.5 Å². The van der Waals surface area contributed by atoms with E-state index in [0.29, 0.717) is 22.6 Å². The number of ether oxygens (including phenoxy) is 1. The first-order valence-electron chi connectivity index (χ1n) is 9.93. The molecule has 9 heteroatoms. The molecule has 168 valence electrons. The molecule has 32 heavy (non-hydrogen) atoms. The SMILES string of the molecule is Cc1ccc(-c2cc(-c3ccc(OCCCC(F)(F)F)cc3)[nH]c(=O)c2N(C)N=N)cc1. The van der Waals surface area contributed by atoms with E-state index in [0.717, 1.165) is 11.1 Å². The Morgan fingerprint density at radius 3 is 2.28 bits per heavy atom. The maximum atomic E-state index is 12.8. The standard InChI is InChI=1S/C23H23F3N4O2/c1-15-4-6-16(7-5-15)19-14-20(28-22(31)21(19)30(2)29-27)17-8-10-18(11-9-17)32-13-3-12-23(24,25)26/h4-11,14,27H,3,12-13H2,1-2H3,(H,28,31). The van der Waals surface area contributed by atoms with E-state index in [1.54, 1.807) is 24.3 Å². The van der Waals surface area contributed by atoms with Crippen LogP contribution in [0.2, 0.25) is 0 Å². The molecule has 0 aliphatic carbocycles. The van der Waals surface area contributed by atoms with Gasteiger partial charge in [-0.1, -0.05) is 35.1 Å². The predicted molar refractivity (Wildman–Crippen MR) is 117 cm³/mol. The molecule has 3 rings (SSSR count). The minimum atomic E-state index is -4.19. The van der Waals surface area contributed by atoms with Crippen molar-refractivity contribution in [2.24, 2.45) is 5.22 Å². The van der Waals surface area contributed by atoms with Crippen molar-refractivity contribution in [1.29, 1.82) is 5.53 Å². The highest BCUT2D eigenvalue weighted by atomic mass is 19.4. The maximum Gasteiger partial charge on any atom is 0.389 e. The molecule has 0 saturated carbocycles. The lowest BCUT2D eigenvalue weighted by atomic mass is 10.0. The Balaban J connectivity index is 1.89. The number of rotatable bonds is 8. The number of anilines is 1. The zero-order chi connectivity index (χ0) is 23.3. The van der Waals surface area contributed by atoms with Crippen LogP contribution in [0.1, 0.15) is 18.4 Å². The number of aromatic amines is 1. The maximum absolute atomic E-state index is 12.8. The Morgan fingerprint density at radius 2 is 1.69 bits per heavy atom. The average molecular weight is 444 g/mol. The van der Waals surface area contributed by atoms with Gasteiger partial charge in [0.2, 0.25) is 0 Å². The second-order valence-corrected chi connectivity index (χ2v) is 7.36. The first-order valence-corrected chi connectivity index (χ1v) is 9.93. The van der Waals surface area contributed by atoms with Gasteiger partial charge < -0.3 is 9.72 Å². The van der Waals surface area contributed by atoms with Crippen LogP contribution in [0.25, 0.3) is 22.4 Å². The quantitative estimate of drug-likeness (QED) is 0.249. The van der Waals surface area contributed by atoms with E-state index in [1.807, 2.05) is 37.3 Å². The van der Waals surface area contributed by atoms with Gasteiger partial charge in [-0.2, -0.15) is 18.7 Å². The van der Waals surface area contributed by atoms with Gasteiger partial charge in [0.25, 0.3) is 5.56 Å². The van der Waals surface area contributed by atoms with Crippen molar-refractivity contribution >= 4 is 5.69 Å². The summed E-state index contributed by atoms with van der Waals surface area (Å²) in [6.07, 6.45) is -5.20. The van der Waals surface area contributed by atoms with Crippen molar-refractivity contribution < 1.29 is 17.9 Å². The van der Waals surface area contributed by atoms with E-state index < -0.39 is 18.2 Å². The van der Waals surface area contributed by atoms with E-state index >= 15 is 0 Å². The van der Waals surface area contributed by atoms with Crippen LogP contribution in [0.3, 0.4) is 0 Å². The molecule has 0 aliphatic heterocycles. The van der Waals surface area contributed by atoms with Gasteiger partial charge in [-0.25, -0.2) is 5.01 Å². The van der Waals surface area contributed by atoms with Gasteiger partial charge in [0.1, 0.15) is 11.4 Å². The van der Waals surface area contributed by atoms with Gasteiger partial charge in [-0.3, -0.25) is 4.79 Å². The molecule has 0 radical (unpaired) electrons. The highest BCUT2D eigenvalue weighted by Gasteiger charge is 2.26. The summed E-state index contributed by atoms with van der Waals surface area (Å²) in [7, 11) is 1.53. The molecule has 0 bridgehead atoms. The number of nitrogens with zero attached hydrogens (tertiary/aromatic N) is 2. The molecule has 0 atom stereocenters. The summed E-state index contributed by atoms with van der Waals surface area (Å²) in [4.78, 5) is 15.7. The van der Waals surface area contributed by atoms with E-state index in [-0.39, 0.29) is 18.7 Å². The van der Waals surface area contributed by atoms with Crippen LogP contribution in [-0.4, -0.2) is 24.8 Å². The van der Waals surface area contributed by atoms with Crippen molar-refractivity contribution in [3.05, 3.63) is 70.5 Å². The van der Waals surface area contributed by atoms with Crippen LogP contribution in [0.5, 0.6) is 5.75 Å². The molecule has 0 amide bonds. The lowest BCUT2D eigenvalue weighted by molar-refractivity contribution is -0.136. The van der Waals surface area contributed by atoms with Crippen LogP contribution in [-0.2, 0) is 0 Å². The number of alkyl halides is 3. The summed E-state index contributed by atoms with van der Waals surface area (Å²) >= 11 is 0. The van der Waals surface area contributed by atoms with Crippen LogP contribution in [0.4, 0.5) is 18.9 Å². The average Bonchev–Trinajstić information content (AvgIpc) is 2.76. The minimum absolute atomic E-state index is 0.0368. The third-order valence-corrected chi connectivity index (χ3v) is 4.88. The molecular formula is C23H23F3N4O2. The fourth-order valence-corrected chi connectivity index (χ4v) is 3.23. The molecule has 1 aromatic heterocycles. The molecule has 0 aliphatic rings. The molecule has 0 fully saturated rings. The minimum Gasteiger partial charge on any atom is -0.494 e. The highest BCUT2D eigenvalue weighted by molar-refractivity contribution is 5.81. The van der Waals surface area contributed by atoms with E-state index in [1.165, 1.54) is 12.1 Å². The molecule has 2 aromatic carbocycles. The monoisotopic (exact) mass is 444 g/mol. The summed E-state index contributed by atoms with van der Waals surface area (Å²) in [5, 5.41) is 4.57. The van der Waals surface area contributed by atoms with Gasteiger partial charge in [0.15, 0.2) is 0 Å². The smallest absolute Gasteiger partial charge is 0.389 e. The molecule has 0 spiro atoms. The molecule has 1 heterocycles. The second kappa shape index (κ2) is 9.67. The first kappa shape index (κ1) is 23.1. The van der Waals surface area contributed by atoms with Gasteiger partial charge in [-0.05, 0) is 54.8 Å². The van der Waals surface area contributed by atoms with Crippen molar-refractivity contribution in [2.75, 3.05) is 18.7 Å². The van der Waals surface area contributed by atoms with Crippen LogP contribution < -0.4 is 15.3 Å². The highest BCUT2D eigenvalue weighted by Crippen LogP contribution is 2.31. The van der Waals surface area contributed by atoms with Crippen molar-refractivity contribution in [3.63, 3.8) is 0 Å². The summed E-state index contributed by atoms with van der Waals surface area (Å²) in [5.41, 5.74) is 10.9. The lowest BCUT2D eigenvalue weighted by Crippen LogP contribution is -2.21. The third kappa shape index (κ3) is 5.75. The number of aryl methyl sites for hydroxylation is 1. The van der Waals surface area contributed by atoms with E-state index in [2.05, 4.69) is 10.2 Å². The second-order valence-electron chi connectivity index (χ2n) is 7.36. The number of aromatic nitrogens is 1. The summed E-state index contributed by atoms with van der Waals surface area (Å²) in [5.74, 6) is 0.446. The number of pyridine rings is 1. The number of hydrogen-bond donors (Lipinski definition) is 2. The Hall–Kier alpha value is -3.62. The van der Waals surface area contributed by atoms with Crippen LogP contribution in [0, 0.1) is 12.5 Å². The number of nitrogens with one attached hydrogen (secondary N) is 2. The Kier molecular flexibility index (Phi) is 6.97.